The molecule has 24 heavy (non-hydrogen) atoms. The molecule has 3 heteroatoms. The third-order valence-corrected chi connectivity index (χ3v) is 4.64. The lowest BCUT2D eigenvalue weighted by Gasteiger charge is -2.19. The van der Waals surface area contributed by atoms with Gasteiger partial charge in [0.15, 0.2) is 0 Å². The van der Waals surface area contributed by atoms with Crippen molar-refractivity contribution in [1.82, 2.24) is 4.90 Å². The standard InChI is InChI=1S/C21H25N2O/c22-21(24)12-14-23-13-4-7-19-11-10-18(15-20(19)16-23)9-8-17-5-2-1-3-6-17/h1-3,5-6,9-11,15H,4,7-8,12-14,16H2,(H2,22,24). The quantitative estimate of drug-likeness (QED) is 0.888. The summed E-state index contributed by atoms with van der Waals surface area (Å²) < 4.78 is 0. The Morgan fingerprint density at radius 2 is 1.96 bits per heavy atom. The predicted molar refractivity (Wildman–Crippen MR) is 97.4 cm³/mol. The Kier molecular flexibility index (Phi) is 5.65. The number of rotatable bonds is 6. The summed E-state index contributed by atoms with van der Waals surface area (Å²) in [5.41, 5.74) is 10.7. The van der Waals surface area contributed by atoms with Crippen LogP contribution < -0.4 is 5.73 Å². The van der Waals surface area contributed by atoms with Crippen molar-refractivity contribution in [2.24, 2.45) is 5.73 Å². The van der Waals surface area contributed by atoms with E-state index in [1.807, 2.05) is 6.07 Å². The van der Waals surface area contributed by atoms with Crippen LogP contribution in [0.5, 0.6) is 0 Å². The molecule has 0 bridgehead atoms. The van der Waals surface area contributed by atoms with Gasteiger partial charge in [-0.05, 0) is 54.5 Å². The SMILES string of the molecule is NC(=O)CCN1CCCc2ccc([CH]Cc3ccccc3)cc2C1. The molecule has 0 spiro atoms. The maximum absolute atomic E-state index is 11.0. The van der Waals surface area contributed by atoms with Gasteiger partial charge in [0, 0.05) is 19.5 Å². The Morgan fingerprint density at radius 1 is 1.12 bits per heavy atom. The van der Waals surface area contributed by atoms with E-state index in [1.54, 1.807) is 0 Å². The van der Waals surface area contributed by atoms with Crippen LogP contribution in [-0.4, -0.2) is 23.9 Å². The third-order valence-electron chi connectivity index (χ3n) is 4.64. The number of carbonyl (C=O) groups excluding carboxylic acids is 1. The van der Waals surface area contributed by atoms with Crippen LogP contribution in [0.1, 0.15) is 35.1 Å². The summed E-state index contributed by atoms with van der Waals surface area (Å²) in [7, 11) is 0. The minimum absolute atomic E-state index is 0.218. The van der Waals surface area contributed by atoms with Crippen molar-refractivity contribution in [3.05, 3.63) is 77.2 Å². The molecule has 2 N–H and O–H groups in total. The highest BCUT2D eigenvalue weighted by molar-refractivity contribution is 5.73. The fraction of sp³-hybridized carbons (Fsp3) is 0.333. The van der Waals surface area contributed by atoms with Gasteiger partial charge in [-0.15, -0.1) is 0 Å². The molecule has 0 aliphatic carbocycles. The summed E-state index contributed by atoms with van der Waals surface area (Å²) in [5, 5.41) is 0. The van der Waals surface area contributed by atoms with E-state index < -0.39 is 0 Å². The minimum Gasteiger partial charge on any atom is -0.370 e. The lowest BCUT2D eigenvalue weighted by Crippen LogP contribution is -2.28. The average molecular weight is 321 g/mol. The summed E-state index contributed by atoms with van der Waals surface area (Å²) in [6, 6.07) is 17.3. The molecule has 1 aliphatic rings. The van der Waals surface area contributed by atoms with Crippen molar-refractivity contribution in [2.75, 3.05) is 13.1 Å². The number of primary amides is 1. The smallest absolute Gasteiger partial charge is 0.218 e. The summed E-state index contributed by atoms with van der Waals surface area (Å²) in [6.07, 6.45) is 5.93. The molecule has 0 saturated heterocycles. The lowest BCUT2D eigenvalue weighted by molar-refractivity contribution is -0.118. The first-order valence-corrected chi connectivity index (χ1v) is 8.70. The number of aryl methyl sites for hydroxylation is 1. The molecule has 0 atom stereocenters. The van der Waals surface area contributed by atoms with Crippen LogP contribution in [0.15, 0.2) is 48.5 Å². The molecule has 0 aromatic heterocycles. The van der Waals surface area contributed by atoms with Gasteiger partial charge < -0.3 is 5.73 Å². The van der Waals surface area contributed by atoms with Gasteiger partial charge >= 0.3 is 0 Å². The van der Waals surface area contributed by atoms with Crippen molar-refractivity contribution in [1.29, 1.82) is 0 Å². The van der Waals surface area contributed by atoms with E-state index in [9.17, 15) is 4.79 Å². The van der Waals surface area contributed by atoms with Crippen molar-refractivity contribution in [2.45, 2.75) is 32.2 Å². The number of hydrogen-bond donors (Lipinski definition) is 1. The first-order valence-electron chi connectivity index (χ1n) is 8.70. The van der Waals surface area contributed by atoms with Crippen LogP contribution in [0, 0.1) is 6.42 Å². The van der Waals surface area contributed by atoms with Crippen molar-refractivity contribution >= 4 is 5.91 Å². The predicted octanol–water partition coefficient (Wildman–Crippen LogP) is 3.11. The molecule has 0 saturated carbocycles. The Balaban J connectivity index is 1.66. The van der Waals surface area contributed by atoms with Gasteiger partial charge in [-0.1, -0.05) is 48.5 Å². The molecule has 1 aliphatic heterocycles. The van der Waals surface area contributed by atoms with E-state index in [-0.39, 0.29) is 5.91 Å². The van der Waals surface area contributed by atoms with Gasteiger partial charge in [0.2, 0.25) is 5.91 Å². The van der Waals surface area contributed by atoms with E-state index in [0.717, 1.165) is 38.9 Å². The third kappa shape index (κ3) is 4.68. The van der Waals surface area contributed by atoms with Gasteiger partial charge in [-0.25, -0.2) is 0 Å². The zero-order valence-corrected chi connectivity index (χ0v) is 14.1. The minimum atomic E-state index is -0.218. The summed E-state index contributed by atoms with van der Waals surface area (Å²) in [6.45, 7) is 2.70. The second-order valence-electron chi connectivity index (χ2n) is 6.52. The van der Waals surface area contributed by atoms with E-state index in [1.165, 1.54) is 22.3 Å². The van der Waals surface area contributed by atoms with Gasteiger partial charge in [-0.3, -0.25) is 9.69 Å². The average Bonchev–Trinajstić information content (AvgIpc) is 2.80. The van der Waals surface area contributed by atoms with E-state index >= 15 is 0 Å². The fourth-order valence-corrected chi connectivity index (χ4v) is 3.29. The van der Waals surface area contributed by atoms with Crippen molar-refractivity contribution in [3.8, 4) is 0 Å². The second kappa shape index (κ2) is 8.11. The molecule has 0 fully saturated rings. The molecule has 125 valence electrons. The molecule has 2 aromatic rings. The summed E-state index contributed by atoms with van der Waals surface area (Å²) >= 11 is 0. The number of fused-ring (bicyclic) bond motifs is 1. The molecule has 1 radical (unpaired) electrons. The molecule has 2 aromatic carbocycles. The van der Waals surface area contributed by atoms with E-state index in [4.69, 9.17) is 5.73 Å². The lowest BCUT2D eigenvalue weighted by atomic mass is 9.97. The molecular formula is C21H25N2O. The Hall–Kier alpha value is -2.13. The number of hydrogen-bond acceptors (Lipinski definition) is 2. The van der Waals surface area contributed by atoms with Crippen LogP contribution in [0.4, 0.5) is 0 Å². The Morgan fingerprint density at radius 3 is 2.75 bits per heavy atom. The number of nitrogens with two attached hydrogens (primary N) is 1. The van der Waals surface area contributed by atoms with Gasteiger partial charge in [0.25, 0.3) is 0 Å². The molecule has 3 nitrogen and oxygen atoms in total. The molecular weight excluding hydrogens is 296 g/mol. The molecule has 1 heterocycles. The monoisotopic (exact) mass is 321 g/mol. The van der Waals surface area contributed by atoms with E-state index in [0.29, 0.717) is 6.42 Å². The van der Waals surface area contributed by atoms with Crippen LogP contribution in [-0.2, 0) is 24.2 Å². The van der Waals surface area contributed by atoms with Crippen molar-refractivity contribution in [3.63, 3.8) is 0 Å². The van der Waals surface area contributed by atoms with Crippen LogP contribution in [0.25, 0.3) is 0 Å². The highest BCUT2D eigenvalue weighted by Gasteiger charge is 2.15. The first kappa shape index (κ1) is 16.7. The van der Waals surface area contributed by atoms with Gasteiger partial charge in [0.1, 0.15) is 0 Å². The largest absolute Gasteiger partial charge is 0.370 e. The highest BCUT2D eigenvalue weighted by Crippen LogP contribution is 2.22. The normalized spacial score (nSPS) is 14.8. The van der Waals surface area contributed by atoms with Gasteiger partial charge in [-0.2, -0.15) is 0 Å². The number of benzene rings is 2. The maximum atomic E-state index is 11.0. The van der Waals surface area contributed by atoms with Gasteiger partial charge in [0.05, 0.1) is 0 Å². The number of carbonyl (C=O) groups is 1. The van der Waals surface area contributed by atoms with Crippen LogP contribution in [0.3, 0.4) is 0 Å². The van der Waals surface area contributed by atoms with Crippen LogP contribution >= 0.6 is 0 Å². The number of amides is 1. The fourth-order valence-electron chi connectivity index (χ4n) is 3.29. The first-order chi connectivity index (χ1) is 11.7. The maximum Gasteiger partial charge on any atom is 0.218 e. The highest BCUT2D eigenvalue weighted by atomic mass is 16.1. The number of nitrogens with zero attached hydrogens (tertiary/aromatic N) is 1. The van der Waals surface area contributed by atoms with Crippen LogP contribution in [0.2, 0.25) is 0 Å². The van der Waals surface area contributed by atoms with Crippen molar-refractivity contribution < 1.29 is 4.79 Å². The Labute approximate surface area is 144 Å². The van der Waals surface area contributed by atoms with E-state index in [2.05, 4.69) is 53.8 Å². The molecule has 1 amide bonds. The second-order valence-corrected chi connectivity index (χ2v) is 6.52. The zero-order chi connectivity index (χ0) is 16.8. The molecule has 0 unspecified atom stereocenters. The molecule has 3 rings (SSSR count). The summed E-state index contributed by atoms with van der Waals surface area (Å²) in [5.74, 6) is -0.218. The zero-order valence-electron chi connectivity index (χ0n) is 14.1. The Bertz CT molecular complexity index is 681. The topological polar surface area (TPSA) is 46.3 Å². The summed E-state index contributed by atoms with van der Waals surface area (Å²) in [4.78, 5) is 13.4.